The lowest BCUT2D eigenvalue weighted by Crippen LogP contribution is -2.41. The molecule has 0 saturated carbocycles. The van der Waals surface area contributed by atoms with E-state index in [1.165, 1.54) is 28.5 Å². The number of ether oxygens (including phenoxy) is 2. The number of carbonyl (C=O) groups excluding carboxylic acids is 3. The van der Waals surface area contributed by atoms with E-state index in [4.69, 9.17) is 9.47 Å². The SMILES string of the molecule is CC(C)(C)CCN1C(=O)[C@H](CC(=O)O)SC1c1ccccc1C1CCN(C(=O)OC(C)(C)C)CC1.CC(C)(C)CCN=Cc1ccccc1C1CCN(C(=O)OC(C)(C)C)CC1. The summed E-state index contributed by atoms with van der Waals surface area (Å²) >= 11 is 1.46. The molecule has 62 heavy (non-hydrogen) atoms. The molecule has 344 valence electrons. The molecule has 0 aliphatic carbocycles. The van der Waals surface area contributed by atoms with Crippen LogP contribution < -0.4 is 0 Å². The summed E-state index contributed by atoms with van der Waals surface area (Å²) in [7, 11) is 0. The summed E-state index contributed by atoms with van der Waals surface area (Å²) in [5, 5.41) is 8.60. The molecule has 3 aliphatic rings. The summed E-state index contributed by atoms with van der Waals surface area (Å²) in [6, 6.07) is 16.7. The van der Waals surface area contributed by atoms with E-state index in [1.807, 2.05) is 69.7 Å². The molecule has 3 amide bonds. The largest absolute Gasteiger partial charge is 0.481 e. The van der Waals surface area contributed by atoms with Crippen molar-refractivity contribution in [1.82, 2.24) is 14.7 Å². The van der Waals surface area contributed by atoms with Crippen molar-refractivity contribution in [3.63, 3.8) is 0 Å². The third kappa shape index (κ3) is 16.2. The minimum Gasteiger partial charge on any atom is -0.481 e. The molecule has 0 spiro atoms. The van der Waals surface area contributed by atoms with Gasteiger partial charge in [0.2, 0.25) is 5.91 Å². The van der Waals surface area contributed by atoms with E-state index in [1.54, 1.807) is 4.90 Å². The van der Waals surface area contributed by atoms with Gasteiger partial charge in [0.05, 0.1) is 11.7 Å². The number of likely N-dealkylation sites (tertiary alicyclic amines) is 2. The Labute approximate surface area is 376 Å². The van der Waals surface area contributed by atoms with E-state index in [2.05, 4.69) is 82.9 Å². The maximum absolute atomic E-state index is 13.2. The molecule has 3 fully saturated rings. The summed E-state index contributed by atoms with van der Waals surface area (Å²) in [6.07, 6.45) is 6.89. The second kappa shape index (κ2) is 21.5. The number of nitrogens with zero attached hydrogens (tertiary/aromatic N) is 4. The number of benzene rings is 2. The van der Waals surface area contributed by atoms with Crippen LogP contribution in [0.1, 0.15) is 167 Å². The van der Waals surface area contributed by atoms with Crippen LogP contribution in [0.5, 0.6) is 0 Å². The van der Waals surface area contributed by atoms with E-state index in [0.29, 0.717) is 31.0 Å². The van der Waals surface area contributed by atoms with Crippen molar-refractivity contribution in [2.45, 2.75) is 162 Å². The van der Waals surface area contributed by atoms with Crippen LogP contribution in [0.3, 0.4) is 0 Å². The van der Waals surface area contributed by atoms with Gasteiger partial charge in [-0.1, -0.05) is 90.1 Å². The molecular formula is C50H76N4O7S. The number of piperidine rings is 2. The molecule has 2 aromatic carbocycles. The highest BCUT2D eigenvalue weighted by molar-refractivity contribution is 8.01. The molecule has 0 radical (unpaired) electrons. The van der Waals surface area contributed by atoms with Crippen molar-refractivity contribution in [3.8, 4) is 0 Å². The summed E-state index contributed by atoms with van der Waals surface area (Å²) < 4.78 is 11.0. The minimum atomic E-state index is -0.949. The molecule has 0 bridgehead atoms. The Morgan fingerprint density at radius 3 is 1.61 bits per heavy atom. The van der Waals surface area contributed by atoms with E-state index < -0.39 is 22.4 Å². The fraction of sp³-hybridized carbons (Fsp3) is 0.660. The van der Waals surface area contributed by atoms with Crippen molar-refractivity contribution >= 4 is 42.0 Å². The second-order valence-electron chi connectivity index (χ2n) is 21.5. The van der Waals surface area contributed by atoms with Gasteiger partial charge >= 0.3 is 18.2 Å². The van der Waals surface area contributed by atoms with Gasteiger partial charge in [-0.3, -0.25) is 14.6 Å². The van der Waals surface area contributed by atoms with Crippen LogP contribution >= 0.6 is 11.8 Å². The number of thioether (sulfide) groups is 1. The molecule has 1 N–H and O–H groups in total. The third-order valence-corrected chi connectivity index (χ3v) is 12.7. The minimum absolute atomic E-state index is 0.0639. The monoisotopic (exact) mass is 877 g/mol. The quantitative estimate of drug-likeness (QED) is 0.234. The average Bonchev–Trinajstić information content (AvgIpc) is 3.47. The molecule has 11 nitrogen and oxygen atoms in total. The normalized spacial score (nSPS) is 19.7. The zero-order valence-corrected chi connectivity index (χ0v) is 40.6. The summed E-state index contributed by atoms with van der Waals surface area (Å²) in [4.78, 5) is 59.6. The number of hydrogen-bond acceptors (Lipinski definition) is 8. The molecule has 12 heteroatoms. The Kier molecular flexibility index (Phi) is 17.6. The topological polar surface area (TPSA) is 129 Å². The van der Waals surface area contributed by atoms with Crippen molar-refractivity contribution in [2.75, 3.05) is 39.3 Å². The summed E-state index contributed by atoms with van der Waals surface area (Å²) in [5.41, 5.74) is 4.25. The molecule has 1 unspecified atom stereocenters. The lowest BCUT2D eigenvalue weighted by atomic mass is 9.86. The smallest absolute Gasteiger partial charge is 0.410 e. The maximum Gasteiger partial charge on any atom is 0.410 e. The number of aliphatic carboxylic acids is 1. The van der Waals surface area contributed by atoms with Gasteiger partial charge in [-0.25, -0.2) is 9.59 Å². The predicted molar refractivity (Wildman–Crippen MR) is 251 cm³/mol. The Balaban J connectivity index is 0.000000282. The first-order valence-corrected chi connectivity index (χ1v) is 23.6. The summed E-state index contributed by atoms with van der Waals surface area (Å²) in [6.45, 7) is 28.7. The predicted octanol–water partition coefficient (Wildman–Crippen LogP) is 11.3. The van der Waals surface area contributed by atoms with Gasteiger partial charge < -0.3 is 29.3 Å². The Morgan fingerprint density at radius 1 is 0.694 bits per heavy atom. The molecule has 3 saturated heterocycles. The molecule has 2 aromatic rings. The second-order valence-corrected chi connectivity index (χ2v) is 22.8. The fourth-order valence-electron chi connectivity index (χ4n) is 7.88. The molecule has 3 aliphatic heterocycles. The Hall–Kier alpha value is -4.06. The van der Waals surface area contributed by atoms with E-state index in [9.17, 15) is 24.3 Å². The number of carboxylic acids is 1. The van der Waals surface area contributed by atoms with E-state index in [-0.39, 0.29) is 41.2 Å². The first kappa shape index (κ1) is 50.6. The summed E-state index contributed by atoms with van der Waals surface area (Å²) in [5.74, 6) is -0.297. The molecule has 3 heterocycles. The molecule has 2 atom stereocenters. The van der Waals surface area contributed by atoms with Crippen molar-refractivity contribution in [1.29, 1.82) is 0 Å². The lowest BCUT2D eigenvalue weighted by Gasteiger charge is -2.35. The first-order chi connectivity index (χ1) is 28.8. The number of aliphatic imine (C=N–C) groups is 1. The van der Waals surface area contributed by atoms with Gasteiger partial charge in [-0.05, 0) is 125 Å². The van der Waals surface area contributed by atoms with Gasteiger partial charge in [0.1, 0.15) is 16.6 Å². The zero-order chi connectivity index (χ0) is 46.0. The van der Waals surface area contributed by atoms with Crippen LogP contribution in [0, 0.1) is 10.8 Å². The number of amides is 3. The van der Waals surface area contributed by atoms with Gasteiger partial charge in [0.15, 0.2) is 0 Å². The highest BCUT2D eigenvalue weighted by Gasteiger charge is 2.43. The molecule has 0 aromatic heterocycles. The molecular weight excluding hydrogens is 801 g/mol. The van der Waals surface area contributed by atoms with Crippen LogP contribution in [0.25, 0.3) is 0 Å². The third-order valence-electron chi connectivity index (χ3n) is 11.2. The number of hydrogen-bond donors (Lipinski definition) is 1. The zero-order valence-electron chi connectivity index (χ0n) is 39.8. The van der Waals surface area contributed by atoms with Gasteiger partial charge in [0, 0.05) is 45.5 Å². The molecule has 5 rings (SSSR count). The number of rotatable bonds is 10. The standard InChI is InChI=1S/C27H40N2O5S.C23H36N2O2/c1-26(2,3)13-16-29-23(32)21(17-22(30)31)35-24(29)20-10-8-7-9-19(20)18-11-14-28(15-12-18)25(33)34-27(4,5)6;1-22(2,3)13-14-24-17-19-9-7-8-10-20(19)18-11-15-25(16-12-18)21(26)27-23(4,5)6/h7-10,18,21,24H,11-17H2,1-6H3,(H,30,31);7-10,17-18H,11-16H2,1-6H3/t21-,24?;/m0./s1. The average molecular weight is 877 g/mol. The first-order valence-electron chi connectivity index (χ1n) is 22.6. The van der Waals surface area contributed by atoms with Crippen LogP contribution in [0.2, 0.25) is 0 Å². The van der Waals surface area contributed by atoms with Gasteiger partial charge in [-0.2, -0.15) is 0 Å². The van der Waals surface area contributed by atoms with Crippen molar-refractivity contribution < 1.29 is 33.8 Å². The van der Waals surface area contributed by atoms with Crippen molar-refractivity contribution in [2.24, 2.45) is 15.8 Å². The van der Waals surface area contributed by atoms with E-state index >= 15 is 0 Å². The fourth-order valence-corrected chi connectivity index (χ4v) is 9.40. The maximum atomic E-state index is 13.2. The van der Waals surface area contributed by atoms with Gasteiger partial charge in [-0.15, -0.1) is 11.8 Å². The van der Waals surface area contributed by atoms with Gasteiger partial charge in [0.25, 0.3) is 0 Å². The highest BCUT2D eigenvalue weighted by atomic mass is 32.2. The highest BCUT2D eigenvalue weighted by Crippen LogP contribution is 2.48. The van der Waals surface area contributed by atoms with Crippen LogP contribution in [-0.2, 0) is 19.1 Å². The Morgan fingerprint density at radius 2 is 1.15 bits per heavy atom. The van der Waals surface area contributed by atoms with Crippen molar-refractivity contribution in [3.05, 3.63) is 70.8 Å². The van der Waals surface area contributed by atoms with Crippen LogP contribution in [0.4, 0.5) is 9.59 Å². The Bertz CT molecular complexity index is 1840. The number of carbonyl (C=O) groups is 4. The lowest BCUT2D eigenvalue weighted by molar-refractivity contribution is -0.140. The van der Waals surface area contributed by atoms with Crippen LogP contribution in [0.15, 0.2) is 53.5 Å². The van der Waals surface area contributed by atoms with Crippen LogP contribution in [-0.4, -0.2) is 106 Å². The number of carboxylic acid groups (broad SMARTS) is 1. The van der Waals surface area contributed by atoms with E-state index in [0.717, 1.165) is 63.7 Å².